The van der Waals surface area contributed by atoms with E-state index in [1.54, 1.807) is 0 Å². The van der Waals surface area contributed by atoms with E-state index in [4.69, 9.17) is 5.73 Å². The van der Waals surface area contributed by atoms with Crippen molar-refractivity contribution in [2.45, 2.75) is 38.0 Å². The van der Waals surface area contributed by atoms with Gasteiger partial charge in [0.2, 0.25) is 11.7 Å². The van der Waals surface area contributed by atoms with Crippen LogP contribution in [-0.4, -0.2) is 60.9 Å². The number of allylic oxidation sites excluding steroid dienone is 2. The number of amides is 2. The summed E-state index contributed by atoms with van der Waals surface area (Å²) < 4.78 is 15.3. The van der Waals surface area contributed by atoms with Gasteiger partial charge in [0.15, 0.2) is 17.1 Å². The van der Waals surface area contributed by atoms with E-state index < -0.39 is 80.6 Å². The molecule has 3 aliphatic carbocycles. The molecule has 1 unspecified atom stereocenters. The molecule has 0 saturated carbocycles. The van der Waals surface area contributed by atoms with Gasteiger partial charge in [-0.15, -0.1) is 0 Å². The number of aliphatic hydroxyl groups excluding tert-OH is 2. The first kappa shape index (κ1) is 26.7. The number of nitrogens with zero attached hydrogens (tertiary/aromatic N) is 1. The van der Waals surface area contributed by atoms with Gasteiger partial charge in [0.1, 0.15) is 22.9 Å². The van der Waals surface area contributed by atoms with E-state index in [-0.39, 0.29) is 37.1 Å². The molecule has 2 aromatic carbocycles. The van der Waals surface area contributed by atoms with Crippen molar-refractivity contribution in [1.82, 2.24) is 4.90 Å². The molecule has 41 heavy (non-hydrogen) atoms. The smallest absolute Gasteiger partial charge is 0.255 e. The van der Waals surface area contributed by atoms with Crippen LogP contribution < -0.4 is 11.1 Å². The van der Waals surface area contributed by atoms with Crippen molar-refractivity contribution in [3.05, 3.63) is 81.1 Å². The molecular weight excluding hydrogens is 537 g/mol. The van der Waals surface area contributed by atoms with Gasteiger partial charge in [0, 0.05) is 42.6 Å². The van der Waals surface area contributed by atoms with E-state index in [9.17, 15) is 39.6 Å². The summed E-state index contributed by atoms with van der Waals surface area (Å²) in [7, 11) is 0. The van der Waals surface area contributed by atoms with Gasteiger partial charge >= 0.3 is 0 Å². The molecule has 0 radical (unpaired) electrons. The lowest BCUT2D eigenvalue weighted by Gasteiger charge is -2.45. The molecule has 0 fully saturated rings. The van der Waals surface area contributed by atoms with E-state index in [2.05, 4.69) is 5.32 Å². The second-order valence-electron chi connectivity index (χ2n) is 11.0. The average molecular weight is 564 g/mol. The van der Waals surface area contributed by atoms with Crippen LogP contribution in [0.15, 0.2) is 53.0 Å². The van der Waals surface area contributed by atoms with Crippen LogP contribution in [0.25, 0.3) is 0 Å². The number of halogens is 1. The van der Waals surface area contributed by atoms with Gasteiger partial charge in [0.25, 0.3) is 5.91 Å². The van der Waals surface area contributed by atoms with Crippen molar-refractivity contribution >= 4 is 29.1 Å². The molecule has 3 atom stereocenters. The number of phenolic OH excluding ortho intramolecular Hbond substituents is 1. The molecule has 12 heteroatoms. The maximum absolute atomic E-state index is 15.3. The highest BCUT2D eigenvalue weighted by Crippen LogP contribution is 2.52. The monoisotopic (exact) mass is 563 g/mol. The molecule has 4 aliphatic rings. The van der Waals surface area contributed by atoms with E-state index in [1.807, 2.05) is 29.2 Å². The minimum atomic E-state index is -2.72. The number of benzene rings is 2. The number of fused-ring (bicyclic) bond motifs is 4. The highest BCUT2D eigenvalue weighted by atomic mass is 19.1. The first-order chi connectivity index (χ1) is 19.4. The van der Waals surface area contributed by atoms with Crippen molar-refractivity contribution in [3.8, 4) is 5.75 Å². The Bertz CT molecular complexity index is 1620. The lowest BCUT2D eigenvalue weighted by molar-refractivity contribution is -0.144. The van der Waals surface area contributed by atoms with Crippen LogP contribution in [0.3, 0.4) is 0 Å². The Morgan fingerprint density at radius 3 is 2.39 bits per heavy atom. The molecule has 212 valence electrons. The number of hydrogen-bond acceptors (Lipinski definition) is 9. The number of anilines is 1. The normalized spacial score (nSPS) is 25.4. The summed E-state index contributed by atoms with van der Waals surface area (Å²) in [5.74, 6) is -9.48. The van der Waals surface area contributed by atoms with Gasteiger partial charge in [-0.1, -0.05) is 24.3 Å². The number of rotatable bonds is 4. The molecule has 0 saturated heterocycles. The maximum atomic E-state index is 15.3. The number of primary amides is 1. The average Bonchev–Trinajstić information content (AvgIpc) is 3.31. The molecule has 2 aromatic rings. The fourth-order valence-corrected chi connectivity index (χ4v) is 6.65. The number of hydrogen-bond donors (Lipinski definition) is 6. The Kier molecular flexibility index (Phi) is 6.01. The zero-order valence-corrected chi connectivity index (χ0v) is 21.6. The van der Waals surface area contributed by atoms with E-state index in [0.717, 1.165) is 17.2 Å². The minimum absolute atomic E-state index is 0.0616. The van der Waals surface area contributed by atoms with Crippen LogP contribution in [0.1, 0.15) is 39.9 Å². The first-order valence-electron chi connectivity index (χ1n) is 13.0. The SMILES string of the molecule is NC(=O)C1=C(O)C[C@@H]2CC3Cc4c(F)cc(NC(=O)CN5Cc6ccccc6C5)c(O)c4C(=O)C3=C(O)[C@]2(O)C1=O. The van der Waals surface area contributed by atoms with Gasteiger partial charge in [-0.2, -0.15) is 0 Å². The van der Waals surface area contributed by atoms with E-state index in [0.29, 0.717) is 13.1 Å². The molecule has 0 aromatic heterocycles. The minimum Gasteiger partial charge on any atom is -0.511 e. The molecular formula is C29H26FN3O8. The third kappa shape index (κ3) is 3.93. The van der Waals surface area contributed by atoms with Gasteiger partial charge in [-0.3, -0.25) is 24.1 Å². The molecule has 1 heterocycles. The summed E-state index contributed by atoms with van der Waals surface area (Å²) in [5.41, 5.74) is 2.35. The van der Waals surface area contributed by atoms with Crippen LogP contribution in [-0.2, 0) is 33.9 Å². The molecule has 11 nitrogen and oxygen atoms in total. The van der Waals surface area contributed by atoms with Gasteiger partial charge in [0.05, 0.1) is 17.8 Å². The second-order valence-corrected chi connectivity index (χ2v) is 11.0. The number of nitrogens with two attached hydrogens (primary N) is 1. The lowest BCUT2D eigenvalue weighted by Crippen LogP contribution is -2.57. The Labute approximate surface area is 232 Å². The molecule has 0 bridgehead atoms. The summed E-state index contributed by atoms with van der Waals surface area (Å²) in [5, 5.41) is 46.1. The lowest BCUT2D eigenvalue weighted by atomic mass is 9.60. The molecule has 0 spiro atoms. The Morgan fingerprint density at radius 2 is 1.76 bits per heavy atom. The van der Waals surface area contributed by atoms with Crippen LogP contribution in [0, 0.1) is 17.7 Å². The molecule has 7 N–H and O–H groups in total. The number of ketones is 2. The Balaban J connectivity index is 1.31. The Morgan fingerprint density at radius 1 is 1.10 bits per heavy atom. The highest BCUT2D eigenvalue weighted by molar-refractivity contribution is 6.24. The number of Topliss-reactive ketones (excluding diaryl/α,β-unsaturated/α-hetero) is 2. The zero-order valence-electron chi connectivity index (χ0n) is 21.6. The third-order valence-corrected chi connectivity index (χ3v) is 8.56. The number of carbonyl (C=O) groups excluding carboxylic acids is 4. The fraction of sp³-hybridized carbons (Fsp3) is 0.310. The standard InChI is InChI=1S/C29H26FN3O8/c30-17-8-18(32-20(35)11-33-9-12-3-1-2-4-13(12)10-33)24(36)22-16(17)6-14-5-15-7-19(34)23(28(31)40)27(39)29(15,41)26(38)21(14)25(22)37/h1-4,8,14-15,34,36,38,41H,5-7,9-11H2,(H2,31,40)(H,32,35)/t14?,15-,29-/m0/s1. The van der Waals surface area contributed by atoms with Crippen LogP contribution >= 0.6 is 0 Å². The van der Waals surface area contributed by atoms with Crippen molar-refractivity contribution in [2.24, 2.45) is 17.6 Å². The number of carbonyl (C=O) groups is 4. The van der Waals surface area contributed by atoms with Crippen LogP contribution in [0.2, 0.25) is 0 Å². The zero-order chi connectivity index (χ0) is 29.4. The van der Waals surface area contributed by atoms with Crippen LogP contribution in [0.5, 0.6) is 5.75 Å². The number of nitrogens with one attached hydrogen (secondary N) is 1. The number of aromatic hydroxyl groups is 1. The molecule has 1 aliphatic heterocycles. The largest absolute Gasteiger partial charge is 0.511 e. The molecule has 6 rings (SSSR count). The Hall–Kier alpha value is -4.55. The maximum Gasteiger partial charge on any atom is 0.255 e. The predicted molar refractivity (Wildman–Crippen MR) is 140 cm³/mol. The van der Waals surface area contributed by atoms with Gasteiger partial charge in [-0.05, 0) is 29.9 Å². The van der Waals surface area contributed by atoms with Gasteiger partial charge < -0.3 is 31.5 Å². The summed E-state index contributed by atoms with van der Waals surface area (Å²) >= 11 is 0. The summed E-state index contributed by atoms with van der Waals surface area (Å²) in [6.45, 7) is 1.01. The third-order valence-electron chi connectivity index (χ3n) is 8.56. The summed E-state index contributed by atoms with van der Waals surface area (Å²) in [6.07, 6.45) is -0.663. The predicted octanol–water partition coefficient (Wildman–Crippen LogP) is 1.67. The number of phenols is 1. The van der Waals surface area contributed by atoms with Crippen molar-refractivity contribution < 1.29 is 44.0 Å². The first-order valence-corrected chi connectivity index (χ1v) is 13.0. The highest BCUT2D eigenvalue weighted by Gasteiger charge is 2.59. The second kappa shape index (κ2) is 9.25. The van der Waals surface area contributed by atoms with Crippen molar-refractivity contribution in [2.75, 3.05) is 11.9 Å². The van der Waals surface area contributed by atoms with Crippen molar-refractivity contribution in [3.63, 3.8) is 0 Å². The summed E-state index contributed by atoms with van der Waals surface area (Å²) in [6, 6.07) is 8.64. The number of aliphatic hydroxyl groups is 3. The topological polar surface area (TPSA) is 190 Å². The molecule has 2 amide bonds. The van der Waals surface area contributed by atoms with Crippen LogP contribution in [0.4, 0.5) is 10.1 Å². The summed E-state index contributed by atoms with van der Waals surface area (Å²) in [4.78, 5) is 53.1. The van der Waals surface area contributed by atoms with E-state index in [1.165, 1.54) is 0 Å². The van der Waals surface area contributed by atoms with E-state index >= 15 is 4.39 Å². The van der Waals surface area contributed by atoms with Gasteiger partial charge in [-0.25, -0.2) is 4.39 Å². The quantitative estimate of drug-likeness (QED) is 0.237. The van der Waals surface area contributed by atoms with Crippen molar-refractivity contribution in [1.29, 1.82) is 0 Å². The fourth-order valence-electron chi connectivity index (χ4n) is 6.65.